The monoisotopic (exact) mass is 274 g/mol. The van der Waals surface area contributed by atoms with Crippen LogP contribution in [0.1, 0.15) is 6.92 Å². The Hall–Kier alpha value is -2.00. The van der Waals surface area contributed by atoms with E-state index in [9.17, 15) is 0 Å². The number of halogens is 1. The highest BCUT2D eigenvalue weighted by molar-refractivity contribution is 6.30. The zero-order chi connectivity index (χ0) is 13.5. The molecule has 1 N–H and O–H groups in total. The molecule has 0 aliphatic rings. The molecule has 0 unspecified atom stereocenters. The number of rotatable bonds is 5. The minimum Gasteiger partial charge on any atom is -0.494 e. The standard InChI is InChI=1S/C15H15ClN2O/c1-2-19-15-8-4-7-14(10-15)18-11-17-13-6-3-5-12(16)9-13/h3-11H,2H2,1H3,(H,17,18). The molecule has 0 amide bonds. The maximum Gasteiger partial charge on any atom is 0.121 e. The Labute approximate surface area is 117 Å². The first-order valence-corrected chi connectivity index (χ1v) is 6.43. The van der Waals surface area contributed by atoms with Crippen LogP contribution in [-0.2, 0) is 0 Å². The van der Waals surface area contributed by atoms with Gasteiger partial charge in [-0.3, -0.25) is 0 Å². The van der Waals surface area contributed by atoms with Crippen molar-refractivity contribution in [2.75, 3.05) is 11.9 Å². The molecule has 2 rings (SSSR count). The maximum absolute atomic E-state index is 5.90. The van der Waals surface area contributed by atoms with Gasteiger partial charge in [-0.25, -0.2) is 4.99 Å². The van der Waals surface area contributed by atoms with Crippen LogP contribution in [0.3, 0.4) is 0 Å². The van der Waals surface area contributed by atoms with E-state index in [1.54, 1.807) is 6.34 Å². The Morgan fingerprint density at radius 1 is 1.21 bits per heavy atom. The molecule has 0 atom stereocenters. The maximum atomic E-state index is 5.90. The number of nitrogens with zero attached hydrogens (tertiary/aromatic N) is 1. The van der Waals surface area contributed by atoms with Crippen molar-refractivity contribution >= 4 is 29.3 Å². The van der Waals surface area contributed by atoms with Crippen molar-refractivity contribution in [1.29, 1.82) is 0 Å². The molecule has 0 saturated heterocycles. The number of aliphatic imine (C=N–C) groups is 1. The average Bonchev–Trinajstić information content (AvgIpc) is 2.40. The zero-order valence-corrected chi connectivity index (χ0v) is 11.4. The van der Waals surface area contributed by atoms with E-state index in [0.29, 0.717) is 11.6 Å². The van der Waals surface area contributed by atoms with Gasteiger partial charge in [0.15, 0.2) is 0 Å². The third-order valence-electron chi connectivity index (χ3n) is 2.40. The number of anilines is 1. The van der Waals surface area contributed by atoms with Crippen LogP contribution >= 0.6 is 11.6 Å². The van der Waals surface area contributed by atoms with Crippen molar-refractivity contribution in [3.05, 3.63) is 53.6 Å². The first kappa shape index (κ1) is 13.4. The summed E-state index contributed by atoms with van der Waals surface area (Å²) in [5, 5.41) is 3.76. The minimum atomic E-state index is 0.647. The van der Waals surface area contributed by atoms with Crippen molar-refractivity contribution in [1.82, 2.24) is 0 Å². The van der Waals surface area contributed by atoms with Gasteiger partial charge in [-0.1, -0.05) is 23.7 Å². The summed E-state index contributed by atoms with van der Waals surface area (Å²) in [5.74, 6) is 0.819. The van der Waals surface area contributed by atoms with E-state index in [-0.39, 0.29) is 0 Å². The number of hydrogen-bond acceptors (Lipinski definition) is 2. The van der Waals surface area contributed by atoms with Crippen LogP contribution in [0.25, 0.3) is 0 Å². The SMILES string of the molecule is CCOc1cccc(N=CNc2cccc(Cl)c2)c1. The molecular weight excluding hydrogens is 260 g/mol. The lowest BCUT2D eigenvalue weighted by Gasteiger charge is -2.03. The molecule has 98 valence electrons. The van der Waals surface area contributed by atoms with E-state index < -0.39 is 0 Å². The molecule has 0 radical (unpaired) electrons. The van der Waals surface area contributed by atoms with Gasteiger partial charge < -0.3 is 10.1 Å². The molecule has 0 saturated carbocycles. The highest BCUT2D eigenvalue weighted by Gasteiger charge is 1.94. The topological polar surface area (TPSA) is 33.6 Å². The lowest BCUT2D eigenvalue weighted by molar-refractivity contribution is 0.340. The summed E-state index contributed by atoms with van der Waals surface area (Å²) in [6, 6.07) is 15.1. The van der Waals surface area contributed by atoms with Crippen molar-refractivity contribution in [2.24, 2.45) is 4.99 Å². The van der Waals surface area contributed by atoms with Crippen LogP contribution in [0.15, 0.2) is 53.5 Å². The van der Waals surface area contributed by atoms with Crippen LogP contribution in [0.2, 0.25) is 5.02 Å². The molecule has 0 bridgehead atoms. The van der Waals surface area contributed by atoms with Crippen molar-refractivity contribution in [2.45, 2.75) is 6.92 Å². The van der Waals surface area contributed by atoms with Crippen molar-refractivity contribution in [3.8, 4) is 5.75 Å². The molecule has 0 aromatic heterocycles. The molecule has 0 aliphatic heterocycles. The number of nitrogens with one attached hydrogen (secondary N) is 1. The Morgan fingerprint density at radius 2 is 2.05 bits per heavy atom. The van der Waals surface area contributed by atoms with Crippen molar-refractivity contribution in [3.63, 3.8) is 0 Å². The molecule has 2 aromatic carbocycles. The van der Waals surface area contributed by atoms with Crippen LogP contribution in [0.5, 0.6) is 5.75 Å². The number of hydrogen-bond donors (Lipinski definition) is 1. The summed E-state index contributed by atoms with van der Waals surface area (Å²) in [5.41, 5.74) is 1.73. The first-order chi connectivity index (χ1) is 9.28. The van der Waals surface area contributed by atoms with E-state index in [1.807, 2.05) is 55.5 Å². The molecule has 0 heterocycles. The van der Waals surface area contributed by atoms with E-state index >= 15 is 0 Å². The van der Waals surface area contributed by atoms with Gasteiger partial charge in [0.2, 0.25) is 0 Å². The highest BCUT2D eigenvalue weighted by Crippen LogP contribution is 2.19. The van der Waals surface area contributed by atoms with Crippen LogP contribution in [-0.4, -0.2) is 12.9 Å². The fourth-order valence-electron chi connectivity index (χ4n) is 1.58. The molecule has 0 aliphatic carbocycles. The number of benzene rings is 2. The predicted octanol–water partition coefficient (Wildman–Crippen LogP) is 4.51. The third-order valence-corrected chi connectivity index (χ3v) is 2.63. The van der Waals surface area contributed by atoms with Crippen LogP contribution < -0.4 is 10.1 Å². The molecule has 3 nitrogen and oxygen atoms in total. The summed E-state index contributed by atoms with van der Waals surface area (Å²) in [4.78, 5) is 4.31. The van der Waals surface area contributed by atoms with Gasteiger partial charge >= 0.3 is 0 Å². The number of ether oxygens (including phenoxy) is 1. The van der Waals surface area contributed by atoms with Gasteiger partial charge in [0.1, 0.15) is 5.75 Å². The summed E-state index contributed by atoms with van der Waals surface area (Å²) < 4.78 is 5.42. The molecule has 2 aromatic rings. The van der Waals surface area contributed by atoms with E-state index in [4.69, 9.17) is 16.3 Å². The average molecular weight is 275 g/mol. The predicted molar refractivity (Wildman–Crippen MR) is 80.8 cm³/mol. The molecule has 0 spiro atoms. The Balaban J connectivity index is 2.00. The van der Waals surface area contributed by atoms with Gasteiger partial charge in [0, 0.05) is 16.8 Å². The third kappa shape index (κ3) is 4.30. The highest BCUT2D eigenvalue weighted by atomic mass is 35.5. The van der Waals surface area contributed by atoms with E-state index in [1.165, 1.54) is 0 Å². The second kappa shape index (κ2) is 6.81. The Bertz CT molecular complexity index is 570. The van der Waals surface area contributed by atoms with Gasteiger partial charge in [0.05, 0.1) is 18.6 Å². The lowest BCUT2D eigenvalue weighted by atomic mass is 10.3. The quantitative estimate of drug-likeness (QED) is 0.643. The van der Waals surface area contributed by atoms with Gasteiger partial charge in [0.25, 0.3) is 0 Å². The van der Waals surface area contributed by atoms with E-state index in [2.05, 4.69) is 10.3 Å². The summed E-state index contributed by atoms with van der Waals surface area (Å²) in [6.45, 7) is 2.60. The zero-order valence-electron chi connectivity index (χ0n) is 10.6. The summed E-state index contributed by atoms with van der Waals surface area (Å²) >= 11 is 5.90. The molecule has 0 fully saturated rings. The molecule has 19 heavy (non-hydrogen) atoms. The Morgan fingerprint density at radius 3 is 2.84 bits per heavy atom. The summed E-state index contributed by atoms with van der Waals surface area (Å²) in [6.07, 6.45) is 1.64. The molecule has 4 heteroatoms. The minimum absolute atomic E-state index is 0.647. The van der Waals surface area contributed by atoms with Crippen molar-refractivity contribution < 1.29 is 4.74 Å². The normalized spacial score (nSPS) is 10.6. The largest absolute Gasteiger partial charge is 0.494 e. The summed E-state index contributed by atoms with van der Waals surface area (Å²) in [7, 11) is 0. The van der Waals surface area contributed by atoms with Gasteiger partial charge in [-0.2, -0.15) is 0 Å². The van der Waals surface area contributed by atoms with Gasteiger partial charge in [-0.05, 0) is 37.3 Å². The first-order valence-electron chi connectivity index (χ1n) is 6.05. The lowest BCUT2D eigenvalue weighted by Crippen LogP contribution is -1.94. The van der Waals surface area contributed by atoms with Crippen LogP contribution in [0.4, 0.5) is 11.4 Å². The molecular formula is C15H15ClN2O. The second-order valence-corrected chi connectivity index (χ2v) is 4.28. The van der Waals surface area contributed by atoms with Crippen LogP contribution in [0, 0.1) is 0 Å². The van der Waals surface area contributed by atoms with E-state index in [0.717, 1.165) is 17.1 Å². The fourth-order valence-corrected chi connectivity index (χ4v) is 1.77. The van der Waals surface area contributed by atoms with Gasteiger partial charge in [-0.15, -0.1) is 0 Å². The fraction of sp³-hybridized carbons (Fsp3) is 0.133. The Kier molecular flexibility index (Phi) is 4.81. The second-order valence-electron chi connectivity index (χ2n) is 3.84. The smallest absolute Gasteiger partial charge is 0.121 e.